The van der Waals surface area contributed by atoms with E-state index in [1.807, 2.05) is 12.1 Å². The van der Waals surface area contributed by atoms with Crippen molar-refractivity contribution in [2.45, 2.75) is 76.5 Å². The first-order valence-electron chi connectivity index (χ1n) is 9.94. The molecule has 28 heavy (non-hydrogen) atoms. The highest BCUT2D eigenvalue weighted by Gasteiger charge is 2.46. The molecule has 0 bridgehead atoms. The SMILES string of the molecule is CC(C)(C)c1cc(SCCC(=O)[N+]2(C(=O)O)CCCC2)cc(C(C)(C)C)c1O. The van der Waals surface area contributed by atoms with Crippen molar-refractivity contribution in [2.75, 3.05) is 18.8 Å². The number of aromatic hydroxyl groups is 1. The zero-order valence-electron chi connectivity index (χ0n) is 18.0. The maximum atomic E-state index is 12.6. The molecule has 0 spiro atoms. The predicted molar refractivity (Wildman–Crippen MR) is 113 cm³/mol. The monoisotopic (exact) mass is 408 g/mol. The fourth-order valence-corrected chi connectivity index (χ4v) is 4.64. The first-order valence-corrected chi connectivity index (χ1v) is 10.9. The Kier molecular flexibility index (Phi) is 6.56. The molecule has 1 aliphatic rings. The normalized spacial score (nSPS) is 16.9. The number of carbonyl (C=O) groups excluding carboxylic acids is 1. The molecule has 156 valence electrons. The van der Waals surface area contributed by atoms with Crippen molar-refractivity contribution in [1.82, 2.24) is 0 Å². The number of amides is 2. The van der Waals surface area contributed by atoms with Crippen LogP contribution in [0.3, 0.4) is 0 Å². The van der Waals surface area contributed by atoms with E-state index >= 15 is 0 Å². The van der Waals surface area contributed by atoms with E-state index in [4.69, 9.17) is 0 Å². The Balaban J connectivity index is 2.20. The van der Waals surface area contributed by atoms with Crippen molar-refractivity contribution in [3.8, 4) is 5.75 Å². The summed E-state index contributed by atoms with van der Waals surface area (Å²) in [5, 5.41) is 20.4. The molecule has 0 saturated carbocycles. The van der Waals surface area contributed by atoms with Gasteiger partial charge in [0.1, 0.15) is 5.75 Å². The van der Waals surface area contributed by atoms with E-state index < -0.39 is 10.6 Å². The molecule has 1 aliphatic heterocycles. The van der Waals surface area contributed by atoms with Crippen LogP contribution in [0.1, 0.15) is 71.9 Å². The summed E-state index contributed by atoms with van der Waals surface area (Å²) in [4.78, 5) is 25.3. The van der Waals surface area contributed by atoms with Gasteiger partial charge in [-0.15, -0.1) is 11.8 Å². The van der Waals surface area contributed by atoms with Gasteiger partial charge in [-0.25, -0.2) is 4.79 Å². The number of quaternary nitrogens is 1. The molecular formula is C22H34NO4S+. The molecule has 0 unspecified atom stereocenters. The van der Waals surface area contributed by atoms with E-state index in [1.165, 1.54) is 0 Å². The van der Waals surface area contributed by atoms with Gasteiger partial charge in [0.2, 0.25) is 0 Å². The number of imide groups is 1. The Morgan fingerprint density at radius 1 is 1.00 bits per heavy atom. The van der Waals surface area contributed by atoms with E-state index in [1.54, 1.807) is 11.8 Å². The number of carboxylic acid groups (broad SMARTS) is 1. The molecular weight excluding hydrogens is 374 g/mol. The van der Waals surface area contributed by atoms with Crippen LogP contribution < -0.4 is 0 Å². The van der Waals surface area contributed by atoms with Crippen LogP contribution in [0, 0.1) is 0 Å². The number of phenolic OH excluding ortho intramolecular Hbond substituents is 1. The molecule has 2 rings (SSSR count). The number of carbonyl (C=O) groups is 2. The second-order valence-electron chi connectivity index (χ2n) is 9.76. The molecule has 6 heteroatoms. The van der Waals surface area contributed by atoms with Gasteiger partial charge in [-0.1, -0.05) is 41.5 Å². The number of rotatable bonds is 4. The van der Waals surface area contributed by atoms with Crippen LogP contribution in [0.25, 0.3) is 0 Å². The maximum Gasteiger partial charge on any atom is 0.521 e. The second kappa shape index (κ2) is 8.07. The Morgan fingerprint density at radius 3 is 1.86 bits per heavy atom. The van der Waals surface area contributed by atoms with Crippen LogP contribution in [-0.4, -0.2) is 45.5 Å². The lowest BCUT2D eigenvalue weighted by atomic mass is 9.79. The summed E-state index contributed by atoms with van der Waals surface area (Å²) in [6, 6.07) is 3.99. The minimum atomic E-state index is -1.03. The van der Waals surface area contributed by atoms with Crippen molar-refractivity contribution in [1.29, 1.82) is 0 Å². The minimum absolute atomic E-state index is 0.204. The van der Waals surface area contributed by atoms with Gasteiger partial charge < -0.3 is 10.2 Å². The van der Waals surface area contributed by atoms with Gasteiger partial charge in [-0.3, -0.25) is 0 Å². The van der Waals surface area contributed by atoms with Crippen molar-refractivity contribution in [3.63, 3.8) is 0 Å². The zero-order valence-corrected chi connectivity index (χ0v) is 18.8. The number of hydrogen-bond donors (Lipinski definition) is 2. The third kappa shape index (κ3) is 4.71. The molecule has 5 nitrogen and oxygen atoms in total. The topological polar surface area (TPSA) is 74.6 Å². The molecule has 0 aliphatic carbocycles. The summed E-state index contributed by atoms with van der Waals surface area (Å²) in [7, 11) is 0. The predicted octanol–water partition coefficient (Wildman–Crippen LogP) is 5.28. The van der Waals surface area contributed by atoms with E-state index in [0.717, 1.165) is 28.9 Å². The summed E-state index contributed by atoms with van der Waals surface area (Å²) in [6.45, 7) is 13.2. The fourth-order valence-electron chi connectivity index (χ4n) is 3.73. The largest absolute Gasteiger partial charge is 0.521 e. The molecule has 1 heterocycles. The average molecular weight is 409 g/mol. The van der Waals surface area contributed by atoms with Gasteiger partial charge in [0.15, 0.2) is 0 Å². The van der Waals surface area contributed by atoms with Crippen LogP contribution >= 0.6 is 11.8 Å². The number of hydrogen-bond acceptors (Lipinski definition) is 4. The summed E-state index contributed by atoms with van der Waals surface area (Å²) >= 11 is 1.55. The van der Waals surface area contributed by atoms with Gasteiger partial charge >= 0.3 is 12.0 Å². The number of likely N-dealkylation sites (tertiary alicyclic amines) is 1. The Labute approximate surface area is 172 Å². The van der Waals surface area contributed by atoms with Crippen molar-refractivity contribution in [3.05, 3.63) is 23.3 Å². The molecule has 1 saturated heterocycles. The van der Waals surface area contributed by atoms with Crippen LogP contribution in [0.5, 0.6) is 5.75 Å². The maximum absolute atomic E-state index is 12.6. The average Bonchev–Trinajstić information content (AvgIpc) is 3.05. The lowest BCUT2D eigenvalue weighted by Gasteiger charge is -2.28. The van der Waals surface area contributed by atoms with Crippen LogP contribution in [0.4, 0.5) is 4.79 Å². The minimum Gasteiger partial charge on any atom is -0.507 e. The Morgan fingerprint density at radius 2 is 1.46 bits per heavy atom. The van der Waals surface area contributed by atoms with Gasteiger partial charge in [0, 0.05) is 34.6 Å². The quantitative estimate of drug-likeness (QED) is 0.523. The Hall–Kier alpha value is -1.53. The van der Waals surface area contributed by atoms with Crippen molar-refractivity contribution < 1.29 is 24.3 Å². The van der Waals surface area contributed by atoms with Gasteiger partial charge in [-0.2, -0.15) is 9.28 Å². The molecule has 0 atom stereocenters. The lowest BCUT2D eigenvalue weighted by molar-refractivity contribution is -0.768. The molecule has 1 aromatic carbocycles. The number of phenols is 1. The zero-order chi connectivity index (χ0) is 21.3. The fraction of sp³-hybridized carbons (Fsp3) is 0.636. The van der Waals surface area contributed by atoms with E-state index in [-0.39, 0.29) is 23.2 Å². The third-order valence-corrected chi connectivity index (χ3v) is 6.43. The first-order chi connectivity index (χ1) is 12.8. The van der Waals surface area contributed by atoms with Crippen molar-refractivity contribution >= 4 is 23.8 Å². The van der Waals surface area contributed by atoms with Gasteiger partial charge in [0.05, 0.1) is 19.5 Å². The smallest absolute Gasteiger partial charge is 0.507 e. The van der Waals surface area contributed by atoms with E-state index in [2.05, 4.69) is 41.5 Å². The summed E-state index contributed by atoms with van der Waals surface area (Å²) in [5.41, 5.74) is 1.37. The van der Waals surface area contributed by atoms with Gasteiger partial charge in [-0.05, 0) is 23.0 Å². The molecule has 0 radical (unpaired) electrons. The summed E-state index contributed by atoms with van der Waals surface area (Å²) in [6.07, 6.45) is 0.773. The molecule has 2 amide bonds. The van der Waals surface area contributed by atoms with Gasteiger partial charge in [0.25, 0.3) is 0 Å². The summed E-state index contributed by atoms with van der Waals surface area (Å²) in [5.74, 6) is 0.667. The number of benzene rings is 1. The highest BCUT2D eigenvalue weighted by Crippen LogP contribution is 2.41. The lowest BCUT2D eigenvalue weighted by Crippen LogP contribution is -2.54. The van der Waals surface area contributed by atoms with E-state index in [0.29, 0.717) is 24.6 Å². The first kappa shape index (κ1) is 22.8. The number of nitrogens with zero attached hydrogens (tertiary/aromatic N) is 1. The highest BCUT2D eigenvalue weighted by molar-refractivity contribution is 7.99. The van der Waals surface area contributed by atoms with Crippen LogP contribution in [-0.2, 0) is 15.6 Å². The molecule has 1 aromatic rings. The second-order valence-corrected chi connectivity index (χ2v) is 10.9. The Bertz CT molecular complexity index is 718. The summed E-state index contributed by atoms with van der Waals surface area (Å²) < 4.78 is -0.420. The molecule has 0 aromatic heterocycles. The standard InChI is InChI=1S/C22H33NO4S/c1-21(2,3)16-13-15(14-17(19(16)25)22(4,5)6)28-12-9-18(24)23(20(26)27)10-7-8-11-23/h13-14H,7-12H2,1-6H3,(H-,25,26,27)/p+1. The van der Waals surface area contributed by atoms with Crippen LogP contribution in [0.15, 0.2) is 17.0 Å². The van der Waals surface area contributed by atoms with Crippen molar-refractivity contribution in [2.24, 2.45) is 0 Å². The molecule has 1 fully saturated rings. The number of thioether (sulfide) groups is 1. The third-order valence-electron chi connectivity index (χ3n) is 5.46. The highest BCUT2D eigenvalue weighted by atomic mass is 32.2. The molecule has 2 N–H and O–H groups in total. The van der Waals surface area contributed by atoms with Crippen LogP contribution in [0.2, 0.25) is 0 Å². The van der Waals surface area contributed by atoms with E-state index in [9.17, 15) is 19.8 Å².